The van der Waals surface area contributed by atoms with Crippen LogP contribution < -0.4 is 0 Å². The zero-order valence-electron chi connectivity index (χ0n) is 49.8. The first kappa shape index (κ1) is 71.8. The van der Waals surface area contributed by atoms with Crippen molar-refractivity contribution < 1.29 is 28.6 Å². The second-order valence-corrected chi connectivity index (χ2v) is 21.6. The molecule has 0 saturated carbocycles. The summed E-state index contributed by atoms with van der Waals surface area (Å²) in [4.78, 5) is 38.2. The zero-order valence-corrected chi connectivity index (χ0v) is 49.8. The average molecular weight is 1050 g/mol. The van der Waals surface area contributed by atoms with Crippen molar-refractivity contribution in [1.82, 2.24) is 0 Å². The maximum atomic E-state index is 12.9. The summed E-state index contributed by atoms with van der Waals surface area (Å²) < 4.78 is 16.9. The minimum atomic E-state index is -0.780. The predicted octanol–water partition coefficient (Wildman–Crippen LogP) is 22.1. The number of allylic oxidation sites excluding steroid dienone is 12. The number of hydrogen-bond acceptors (Lipinski definition) is 6. The van der Waals surface area contributed by atoms with Gasteiger partial charge in [0.2, 0.25) is 0 Å². The van der Waals surface area contributed by atoms with Crippen molar-refractivity contribution in [2.24, 2.45) is 0 Å². The van der Waals surface area contributed by atoms with E-state index in [0.29, 0.717) is 19.3 Å². The van der Waals surface area contributed by atoms with Crippen molar-refractivity contribution in [1.29, 1.82) is 0 Å². The van der Waals surface area contributed by atoms with Crippen LogP contribution in [0.3, 0.4) is 0 Å². The maximum absolute atomic E-state index is 12.9. The summed E-state index contributed by atoms with van der Waals surface area (Å²) in [6.45, 7) is 6.51. The van der Waals surface area contributed by atoms with Gasteiger partial charge in [0, 0.05) is 19.3 Å². The quantitative estimate of drug-likeness (QED) is 0.0261. The molecule has 0 saturated heterocycles. The first-order valence-electron chi connectivity index (χ1n) is 32.4. The molecule has 0 N–H and O–H groups in total. The fourth-order valence-corrected chi connectivity index (χ4v) is 9.31. The highest BCUT2D eigenvalue weighted by atomic mass is 16.6. The van der Waals surface area contributed by atoms with Gasteiger partial charge >= 0.3 is 17.9 Å². The minimum Gasteiger partial charge on any atom is -0.462 e. The number of esters is 3. The number of rotatable bonds is 59. The van der Waals surface area contributed by atoms with Crippen molar-refractivity contribution in [2.75, 3.05) is 13.2 Å². The Morgan fingerprint density at radius 3 is 0.853 bits per heavy atom. The lowest BCUT2D eigenvalue weighted by Crippen LogP contribution is -2.30. The van der Waals surface area contributed by atoms with Crippen LogP contribution in [0.25, 0.3) is 0 Å². The van der Waals surface area contributed by atoms with E-state index in [1.807, 2.05) is 0 Å². The van der Waals surface area contributed by atoms with Crippen LogP contribution in [0.15, 0.2) is 72.9 Å². The summed E-state index contributed by atoms with van der Waals surface area (Å²) in [5.41, 5.74) is 0. The van der Waals surface area contributed by atoms with E-state index in [1.54, 1.807) is 0 Å². The molecule has 0 aliphatic carbocycles. The lowest BCUT2D eigenvalue weighted by atomic mass is 10.0. The standard InChI is InChI=1S/C69H122O6/c1-4-7-10-13-16-19-22-25-27-28-29-30-31-32-33-34-35-36-37-38-39-40-41-42-43-45-47-50-53-56-59-62-68(71)74-65-66(64-73-67(70)61-58-55-52-49-46-24-21-18-15-12-9-6-3)75-69(72)63-60-57-54-51-48-44-26-23-20-17-14-11-8-5-2/h7,10,16,18-19,21,23,25-27,29-30,66H,4-6,8-9,11-15,17,20,22,24,28,31-65H2,1-3H3/b10-7-,19-16-,21-18-,26-23-,27-25-,30-29-. The number of ether oxygens (including phenoxy) is 3. The monoisotopic (exact) mass is 1050 g/mol. The van der Waals surface area contributed by atoms with Gasteiger partial charge in [-0.2, -0.15) is 0 Å². The highest BCUT2D eigenvalue weighted by Crippen LogP contribution is 2.17. The van der Waals surface area contributed by atoms with E-state index in [4.69, 9.17) is 14.2 Å². The van der Waals surface area contributed by atoms with E-state index < -0.39 is 6.10 Å². The van der Waals surface area contributed by atoms with Crippen LogP contribution in [0.1, 0.15) is 329 Å². The Hall–Kier alpha value is -3.15. The van der Waals surface area contributed by atoms with Gasteiger partial charge in [-0.05, 0) is 109 Å². The van der Waals surface area contributed by atoms with Gasteiger partial charge in [0.15, 0.2) is 6.10 Å². The molecule has 0 heterocycles. The van der Waals surface area contributed by atoms with Gasteiger partial charge in [-0.25, -0.2) is 0 Å². The number of hydrogen-bond donors (Lipinski definition) is 0. The van der Waals surface area contributed by atoms with Gasteiger partial charge in [0.05, 0.1) is 0 Å². The van der Waals surface area contributed by atoms with E-state index in [2.05, 4.69) is 93.7 Å². The fraction of sp³-hybridized carbons (Fsp3) is 0.783. The van der Waals surface area contributed by atoms with Crippen molar-refractivity contribution in [2.45, 2.75) is 335 Å². The molecule has 0 aromatic rings. The summed E-state index contributed by atoms with van der Waals surface area (Å²) in [5.74, 6) is -0.881. The molecule has 0 amide bonds. The summed E-state index contributed by atoms with van der Waals surface area (Å²) in [5, 5.41) is 0. The van der Waals surface area contributed by atoms with Crippen LogP contribution in [0, 0.1) is 0 Å². The topological polar surface area (TPSA) is 78.9 Å². The lowest BCUT2D eigenvalue weighted by Gasteiger charge is -2.18. The van der Waals surface area contributed by atoms with Gasteiger partial charge in [-0.3, -0.25) is 14.4 Å². The Morgan fingerprint density at radius 1 is 0.280 bits per heavy atom. The first-order valence-corrected chi connectivity index (χ1v) is 32.4. The van der Waals surface area contributed by atoms with Crippen LogP contribution >= 0.6 is 0 Å². The Balaban J connectivity index is 4.13. The number of carbonyl (C=O) groups is 3. The number of unbranched alkanes of at least 4 members (excludes halogenated alkanes) is 36. The summed E-state index contributed by atoms with van der Waals surface area (Å²) >= 11 is 0. The van der Waals surface area contributed by atoms with Crippen LogP contribution in [0.4, 0.5) is 0 Å². The molecule has 434 valence electrons. The Morgan fingerprint density at radius 2 is 0.520 bits per heavy atom. The third kappa shape index (κ3) is 61.6. The van der Waals surface area contributed by atoms with Gasteiger partial charge in [-0.1, -0.05) is 273 Å². The SMILES string of the molecule is CC/C=C\C/C=C\C/C=C\C/C=C\CCCCCCCCCCCCCCCCCCCCC(=O)OCC(COC(=O)CCCCCCC/C=C\CCCCC)OC(=O)CCCCCCC/C=C\CCCCCCC. The molecule has 0 radical (unpaired) electrons. The average Bonchev–Trinajstić information content (AvgIpc) is 3.41. The van der Waals surface area contributed by atoms with E-state index in [-0.39, 0.29) is 31.1 Å². The number of carbonyl (C=O) groups excluding carboxylic acids is 3. The molecule has 6 nitrogen and oxygen atoms in total. The molecule has 0 spiro atoms. The molecule has 1 unspecified atom stereocenters. The normalized spacial score (nSPS) is 12.5. The van der Waals surface area contributed by atoms with Gasteiger partial charge in [-0.15, -0.1) is 0 Å². The molecule has 6 heteroatoms. The van der Waals surface area contributed by atoms with Crippen molar-refractivity contribution in [3.05, 3.63) is 72.9 Å². The maximum Gasteiger partial charge on any atom is 0.306 e. The largest absolute Gasteiger partial charge is 0.462 e. The summed E-state index contributed by atoms with van der Waals surface area (Å²) in [6, 6.07) is 0. The second kappa shape index (κ2) is 63.4. The molecule has 0 aromatic heterocycles. The Labute approximate surface area is 465 Å². The highest BCUT2D eigenvalue weighted by Gasteiger charge is 2.19. The zero-order chi connectivity index (χ0) is 54.3. The fourth-order valence-electron chi connectivity index (χ4n) is 9.31. The molecular weight excluding hydrogens is 925 g/mol. The van der Waals surface area contributed by atoms with E-state index >= 15 is 0 Å². The van der Waals surface area contributed by atoms with Gasteiger partial charge < -0.3 is 14.2 Å². The van der Waals surface area contributed by atoms with Crippen molar-refractivity contribution >= 4 is 17.9 Å². The van der Waals surface area contributed by atoms with Crippen molar-refractivity contribution in [3.8, 4) is 0 Å². The van der Waals surface area contributed by atoms with Crippen molar-refractivity contribution in [3.63, 3.8) is 0 Å². The van der Waals surface area contributed by atoms with Gasteiger partial charge in [0.1, 0.15) is 13.2 Å². The first-order chi connectivity index (χ1) is 37.0. The van der Waals surface area contributed by atoms with Crippen LogP contribution in [-0.4, -0.2) is 37.2 Å². The minimum absolute atomic E-state index is 0.0776. The van der Waals surface area contributed by atoms with Crippen LogP contribution in [0.5, 0.6) is 0 Å². The molecular formula is C69H122O6. The third-order valence-corrected chi connectivity index (χ3v) is 14.2. The molecule has 0 rings (SSSR count). The summed E-state index contributed by atoms with van der Waals surface area (Å²) in [6.07, 6.45) is 82.1. The predicted molar refractivity (Wildman–Crippen MR) is 325 cm³/mol. The highest BCUT2D eigenvalue weighted by molar-refractivity contribution is 5.71. The van der Waals surface area contributed by atoms with E-state index in [0.717, 1.165) is 103 Å². The van der Waals surface area contributed by atoms with Crippen LogP contribution in [0.2, 0.25) is 0 Å². The van der Waals surface area contributed by atoms with E-state index in [1.165, 1.54) is 186 Å². The van der Waals surface area contributed by atoms with E-state index in [9.17, 15) is 14.4 Å². The Kier molecular flexibility index (Phi) is 60.7. The molecule has 75 heavy (non-hydrogen) atoms. The molecule has 0 aromatic carbocycles. The Bertz CT molecular complexity index is 1390. The molecule has 0 bridgehead atoms. The molecule has 0 aliphatic rings. The lowest BCUT2D eigenvalue weighted by molar-refractivity contribution is -0.167. The summed E-state index contributed by atoms with van der Waals surface area (Å²) in [7, 11) is 0. The second-order valence-electron chi connectivity index (χ2n) is 21.6. The smallest absolute Gasteiger partial charge is 0.306 e. The molecule has 1 atom stereocenters. The van der Waals surface area contributed by atoms with Gasteiger partial charge in [0.25, 0.3) is 0 Å². The molecule has 0 fully saturated rings. The molecule has 0 aliphatic heterocycles. The third-order valence-electron chi connectivity index (χ3n) is 14.2. The van der Waals surface area contributed by atoms with Crippen LogP contribution in [-0.2, 0) is 28.6 Å².